The monoisotopic (exact) mass is 283 g/mol. The van der Waals surface area contributed by atoms with Crippen molar-refractivity contribution in [3.63, 3.8) is 0 Å². The molecule has 1 aromatic rings. The number of thioether (sulfide) groups is 1. The second-order valence-corrected chi connectivity index (χ2v) is 4.31. The number of carboxylic acid groups (broad SMARTS) is 1. The maximum atomic E-state index is 10.6. The maximum Gasteiger partial charge on any atom is 0.325 e. The second kappa shape index (κ2) is 7.68. The van der Waals surface area contributed by atoms with Gasteiger partial charge in [0.15, 0.2) is 11.5 Å². The first-order valence-corrected chi connectivity index (χ1v) is 6.96. The van der Waals surface area contributed by atoms with Gasteiger partial charge in [-0.15, -0.1) is 11.8 Å². The molecule has 0 aliphatic carbocycles. The Morgan fingerprint density at radius 3 is 2.68 bits per heavy atom. The van der Waals surface area contributed by atoms with E-state index in [0.29, 0.717) is 23.1 Å². The molecule has 1 N–H and O–H groups in total. The van der Waals surface area contributed by atoms with Crippen LogP contribution in [0.15, 0.2) is 23.2 Å². The Balaban J connectivity index is 3.07. The van der Waals surface area contributed by atoms with Gasteiger partial charge in [0.25, 0.3) is 0 Å². The molecule has 0 saturated heterocycles. The lowest BCUT2D eigenvalue weighted by atomic mass is 10.2. The minimum atomic E-state index is -0.954. The van der Waals surface area contributed by atoms with Gasteiger partial charge in [0.2, 0.25) is 0 Å². The van der Waals surface area contributed by atoms with Gasteiger partial charge < -0.3 is 14.6 Å². The van der Waals surface area contributed by atoms with Crippen LogP contribution in [0.1, 0.15) is 12.5 Å². The number of ether oxygens (including phenoxy) is 2. The standard InChI is InChI=1S/C13H17NO4S/c1-4-18-11-7-9(5-6-10(11)17-2)13(19-3)14-8-12(15)16/h5-7H,4,8H2,1-3H3,(H,15,16). The van der Waals surface area contributed by atoms with Gasteiger partial charge in [-0.05, 0) is 31.4 Å². The third kappa shape index (κ3) is 4.48. The molecule has 19 heavy (non-hydrogen) atoms. The average Bonchev–Trinajstić information content (AvgIpc) is 2.40. The summed E-state index contributed by atoms with van der Waals surface area (Å²) in [7, 11) is 1.57. The molecule has 0 amide bonds. The summed E-state index contributed by atoms with van der Waals surface area (Å²) < 4.78 is 10.7. The first-order chi connectivity index (χ1) is 9.12. The number of carboxylic acids is 1. The van der Waals surface area contributed by atoms with Crippen molar-refractivity contribution in [2.45, 2.75) is 6.92 Å². The molecule has 0 spiro atoms. The lowest BCUT2D eigenvalue weighted by Crippen LogP contribution is -2.05. The Kier molecular flexibility index (Phi) is 6.21. The summed E-state index contributed by atoms with van der Waals surface area (Å²) in [5.74, 6) is 0.314. The van der Waals surface area contributed by atoms with Crippen LogP contribution in [-0.4, -0.2) is 42.6 Å². The molecule has 0 fully saturated rings. The fourth-order valence-electron chi connectivity index (χ4n) is 1.49. The van der Waals surface area contributed by atoms with Crippen molar-refractivity contribution < 1.29 is 19.4 Å². The third-order valence-electron chi connectivity index (χ3n) is 2.26. The molecule has 1 aromatic carbocycles. The molecule has 0 radical (unpaired) electrons. The highest BCUT2D eigenvalue weighted by Gasteiger charge is 2.09. The van der Waals surface area contributed by atoms with E-state index in [0.717, 1.165) is 5.56 Å². The minimum absolute atomic E-state index is 0.244. The van der Waals surface area contributed by atoms with Gasteiger partial charge >= 0.3 is 5.97 Å². The zero-order valence-electron chi connectivity index (χ0n) is 11.2. The van der Waals surface area contributed by atoms with Crippen LogP contribution in [0.4, 0.5) is 0 Å². The molecule has 104 valence electrons. The molecule has 0 saturated carbocycles. The quantitative estimate of drug-likeness (QED) is 0.641. The second-order valence-electron chi connectivity index (χ2n) is 3.52. The Labute approximate surface area is 116 Å². The molecular weight excluding hydrogens is 266 g/mol. The molecular formula is C13H17NO4S. The van der Waals surface area contributed by atoms with E-state index in [4.69, 9.17) is 14.6 Å². The van der Waals surface area contributed by atoms with Crippen molar-refractivity contribution in [1.29, 1.82) is 0 Å². The fraction of sp³-hybridized carbons (Fsp3) is 0.385. The number of nitrogens with zero attached hydrogens (tertiary/aromatic N) is 1. The van der Waals surface area contributed by atoms with Crippen LogP contribution in [0.3, 0.4) is 0 Å². The molecule has 0 aliphatic heterocycles. The molecule has 0 aliphatic rings. The summed E-state index contributed by atoms with van der Waals surface area (Å²) in [6, 6.07) is 5.42. The van der Waals surface area contributed by atoms with Crippen LogP contribution in [0.5, 0.6) is 11.5 Å². The predicted molar refractivity (Wildman–Crippen MR) is 76.7 cm³/mol. The Bertz CT molecular complexity index is 474. The largest absolute Gasteiger partial charge is 0.493 e. The lowest BCUT2D eigenvalue weighted by molar-refractivity contribution is -0.135. The molecule has 0 atom stereocenters. The predicted octanol–water partition coefficient (Wildman–Crippen LogP) is 2.29. The van der Waals surface area contributed by atoms with Gasteiger partial charge in [0.1, 0.15) is 6.54 Å². The number of rotatable bonds is 6. The van der Waals surface area contributed by atoms with Gasteiger partial charge in [-0.2, -0.15) is 0 Å². The van der Waals surface area contributed by atoms with Crippen molar-refractivity contribution >= 4 is 22.8 Å². The number of aliphatic carboxylic acids is 1. The molecule has 0 aromatic heterocycles. The van der Waals surface area contributed by atoms with Crippen molar-refractivity contribution in [3.8, 4) is 11.5 Å². The van der Waals surface area contributed by atoms with Crippen molar-refractivity contribution in [2.24, 2.45) is 4.99 Å². The van der Waals surface area contributed by atoms with Gasteiger partial charge in [0, 0.05) is 5.56 Å². The molecule has 0 unspecified atom stereocenters. The number of aliphatic imine (C=N–C) groups is 1. The summed E-state index contributed by atoms with van der Waals surface area (Å²) in [5, 5.41) is 9.32. The maximum absolute atomic E-state index is 10.6. The highest BCUT2D eigenvalue weighted by Crippen LogP contribution is 2.29. The van der Waals surface area contributed by atoms with Gasteiger partial charge in [0.05, 0.1) is 18.8 Å². The van der Waals surface area contributed by atoms with E-state index in [-0.39, 0.29) is 6.54 Å². The summed E-state index contributed by atoms with van der Waals surface area (Å²) in [4.78, 5) is 14.6. The number of carbonyl (C=O) groups is 1. The normalized spacial score (nSPS) is 11.2. The summed E-state index contributed by atoms with van der Waals surface area (Å²) in [6.07, 6.45) is 1.85. The number of benzene rings is 1. The highest BCUT2D eigenvalue weighted by molar-refractivity contribution is 8.13. The molecule has 6 heteroatoms. The molecule has 0 bridgehead atoms. The van der Waals surface area contributed by atoms with E-state index >= 15 is 0 Å². The van der Waals surface area contributed by atoms with Crippen LogP contribution >= 0.6 is 11.8 Å². The van der Waals surface area contributed by atoms with Crippen molar-refractivity contribution in [2.75, 3.05) is 26.5 Å². The number of hydrogen-bond donors (Lipinski definition) is 1. The molecule has 1 rings (SSSR count). The first kappa shape index (κ1) is 15.4. The van der Waals surface area contributed by atoms with Crippen LogP contribution in [0, 0.1) is 0 Å². The molecule has 0 heterocycles. The summed E-state index contributed by atoms with van der Waals surface area (Å²) in [5.41, 5.74) is 0.818. The van der Waals surface area contributed by atoms with E-state index in [2.05, 4.69) is 4.99 Å². The smallest absolute Gasteiger partial charge is 0.325 e. The van der Waals surface area contributed by atoms with Crippen LogP contribution in [0.2, 0.25) is 0 Å². The van der Waals surface area contributed by atoms with Gasteiger partial charge in [-0.1, -0.05) is 0 Å². The van der Waals surface area contributed by atoms with Gasteiger partial charge in [-0.25, -0.2) is 0 Å². The van der Waals surface area contributed by atoms with Crippen LogP contribution < -0.4 is 9.47 Å². The third-order valence-corrected chi connectivity index (χ3v) is 3.01. The SMILES string of the molecule is CCOc1cc(C(=NCC(=O)O)SC)ccc1OC. The number of hydrogen-bond acceptors (Lipinski definition) is 5. The molecule has 5 nitrogen and oxygen atoms in total. The Morgan fingerprint density at radius 2 is 2.16 bits per heavy atom. The zero-order chi connectivity index (χ0) is 14.3. The highest BCUT2D eigenvalue weighted by atomic mass is 32.2. The zero-order valence-corrected chi connectivity index (χ0v) is 12.0. The fourth-order valence-corrected chi connectivity index (χ4v) is 2.05. The van der Waals surface area contributed by atoms with Crippen molar-refractivity contribution in [3.05, 3.63) is 23.8 Å². The Morgan fingerprint density at radius 1 is 1.42 bits per heavy atom. The van der Waals surface area contributed by atoms with E-state index in [1.165, 1.54) is 11.8 Å². The van der Waals surface area contributed by atoms with E-state index in [1.807, 2.05) is 19.2 Å². The average molecular weight is 283 g/mol. The summed E-state index contributed by atoms with van der Waals surface area (Å²) in [6.45, 7) is 2.17. The minimum Gasteiger partial charge on any atom is -0.493 e. The van der Waals surface area contributed by atoms with Gasteiger partial charge in [-0.3, -0.25) is 9.79 Å². The van der Waals surface area contributed by atoms with E-state index in [1.54, 1.807) is 19.2 Å². The topological polar surface area (TPSA) is 68.1 Å². The van der Waals surface area contributed by atoms with Crippen LogP contribution in [0.25, 0.3) is 0 Å². The lowest BCUT2D eigenvalue weighted by Gasteiger charge is -2.11. The van der Waals surface area contributed by atoms with Crippen LogP contribution in [-0.2, 0) is 4.79 Å². The number of methoxy groups -OCH3 is 1. The van der Waals surface area contributed by atoms with E-state index < -0.39 is 5.97 Å². The van der Waals surface area contributed by atoms with E-state index in [9.17, 15) is 4.79 Å². The first-order valence-electron chi connectivity index (χ1n) is 5.73. The summed E-state index contributed by atoms with van der Waals surface area (Å²) >= 11 is 1.40. The Hall–Kier alpha value is -1.69. The van der Waals surface area contributed by atoms with Crippen molar-refractivity contribution in [1.82, 2.24) is 0 Å².